The zero-order chi connectivity index (χ0) is 20.1. The highest BCUT2D eigenvalue weighted by molar-refractivity contribution is 7.93. The Morgan fingerprint density at radius 3 is 2.36 bits per heavy atom. The van der Waals surface area contributed by atoms with E-state index in [0.717, 1.165) is 18.8 Å². The van der Waals surface area contributed by atoms with E-state index in [9.17, 15) is 8.42 Å². The van der Waals surface area contributed by atoms with Crippen molar-refractivity contribution in [3.63, 3.8) is 0 Å². The number of nitrogens with zero attached hydrogens (tertiary/aromatic N) is 2. The number of rotatable bonds is 8. The highest BCUT2D eigenvalue weighted by atomic mass is 32.2. The molecule has 2 aromatic carbocycles. The molecule has 0 radical (unpaired) electrons. The molecule has 1 aromatic heterocycles. The lowest BCUT2D eigenvalue weighted by atomic mass is 10.2. The summed E-state index contributed by atoms with van der Waals surface area (Å²) in [6, 6.07) is 14.1. The number of pyridine rings is 1. The van der Waals surface area contributed by atoms with Gasteiger partial charge in [-0.05, 0) is 69.3 Å². The third kappa shape index (κ3) is 4.04. The third-order valence-corrected chi connectivity index (χ3v) is 5.97. The lowest BCUT2D eigenvalue weighted by Gasteiger charge is -2.21. The van der Waals surface area contributed by atoms with Gasteiger partial charge in [0.15, 0.2) is 0 Å². The second-order valence-corrected chi connectivity index (χ2v) is 7.87. The van der Waals surface area contributed by atoms with Gasteiger partial charge < -0.3 is 9.64 Å². The maximum atomic E-state index is 13.0. The standard InChI is InChI=1S/C21H25N3O3S/c1-4-24(5-2)17-11-9-16(10-12-17)23-28(25,26)20-14-13-19(27-6-3)21-18(20)8-7-15-22-21/h7-15,23H,4-6H2,1-3H3. The van der Waals surface area contributed by atoms with Gasteiger partial charge in [-0.2, -0.15) is 0 Å². The van der Waals surface area contributed by atoms with E-state index < -0.39 is 10.0 Å². The Morgan fingerprint density at radius 2 is 1.71 bits per heavy atom. The minimum absolute atomic E-state index is 0.173. The summed E-state index contributed by atoms with van der Waals surface area (Å²) in [5.41, 5.74) is 2.11. The second kappa shape index (κ2) is 8.48. The molecule has 1 heterocycles. The van der Waals surface area contributed by atoms with Gasteiger partial charge >= 0.3 is 0 Å². The Morgan fingerprint density at radius 1 is 1.00 bits per heavy atom. The highest BCUT2D eigenvalue weighted by Crippen LogP contribution is 2.30. The molecule has 3 rings (SSSR count). The number of fused-ring (bicyclic) bond motifs is 1. The Kier molecular flexibility index (Phi) is 6.04. The average Bonchev–Trinajstić information content (AvgIpc) is 2.70. The number of hydrogen-bond acceptors (Lipinski definition) is 5. The normalized spacial score (nSPS) is 11.4. The predicted octanol–water partition coefficient (Wildman–Crippen LogP) is 4.28. The van der Waals surface area contributed by atoms with Gasteiger partial charge in [-0.1, -0.05) is 0 Å². The van der Waals surface area contributed by atoms with Crippen LogP contribution in [-0.4, -0.2) is 33.1 Å². The van der Waals surface area contributed by atoms with Crippen molar-refractivity contribution in [2.75, 3.05) is 29.3 Å². The van der Waals surface area contributed by atoms with Crippen LogP contribution in [0.15, 0.2) is 59.6 Å². The summed E-state index contributed by atoms with van der Waals surface area (Å²) in [5, 5.41) is 0.528. The van der Waals surface area contributed by atoms with E-state index in [-0.39, 0.29) is 4.90 Å². The van der Waals surface area contributed by atoms with Gasteiger partial charge in [-0.25, -0.2) is 8.42 Å². The monoisotopic (exact) mass is 399 g/mol. The van der Waals surface area contributed by atoms with E-state index in [1.54, 1.807) is 42.6 Å². The summed E-state index contributed by atoms with van der Waals surface area (Å²) >= 11 is 0. The van der Waals surface area contributed by atoms with Gasteiger partial charge in [0.05, 0.1) is 11.5 Å². The topological polar surface area (TPSA) is 71.5 Å². The first-order valence-corrected chi connectivity index (χ1v) is 10.9. The fourth-order valence-corrected chi connectivity index (χ4v) is 4.42. The lowest BCUT2D eigenvalue weighted by Crippen LogP contribution is -2.21. The summed E-state index contributed by atoms with van der Waals surface area (Å²) in [6.07, 6.45) is 1.63. The van der Waals surface area contributed by atoms with E-state index in [1.807, 2.05) is 19.1 Å². The first kappa shape index (κ1) is 19.9. The minimum Gasteiger partial charge on any atom is -0.492 e. The molecule has 0 unspecified atom stereocenters. The molecule has 0 spiro atoms. The molecule has 1 N–H and O–H groups in total. The molecule has 0 amide bonds. The number of nitrogens with one attached hydrogen (secondary N) is 1. The van der Waals surface area contributed by atoms with Crippen molar-refractivity contribution < 1.29 is 13.2 Å². The largest absolute Gasteiger partial charge is 0.492 e. The van der Waals surface area contributed by atoms with Crippen molar-refractivity contribution in [1.29, 1.82) is 0 Å². The molecule has 0 bridgehead atoms. The summed E-state index contributed by atoms with van der Waals surface area (Å²) in [6.45, 7) is 8.33. The fourth-order valence-electron chi connectivity index (χ4n) is 3.17. The SMILES string of the molecule is CCOc1ccc(S(=O)(=O)Nc2ccc(N(CC)CC)cc2)c2cccnc12. The molecule has 7 heteroatoms. The Labute approximate surface area is 166 Å². The van der Waals surface area contributed by atoms with Crippen molar-refractivity contribution in [3.8, 4) is 5.75 Å². The van der Waals surface area contributed by atoms with Crippen LogP contribution in [-0.2, 0) is 10.0 Å². The Balaban J connectivity index is 1.94. The van der Waals surface area contributed by atoms with Gasteiger partial charge in [0.2, 0.25) is 0 Å². The zero-order valence-electron chi connectivity index (χ0n) is 16.3. The molecular formula is C21H25N3O3S. The fraction of sp³-hybridized carbons (Fsp3) is 0.286. The van der Waals surface area contributed by atoms with Crippen molar-refractivity contribution in [2.24, 2.45) is 0 Å². The van der Waals surface area contributed by atoms with Crippen molar-refractivity contribution in [2.45, 2.75) is 25.7 Å². The quantitative estimate of drug-likeness (QED) is 0.612. The number of benzene rings is 2. The summed E-state index contributed by atoms with van der Waals surface area (Å²) in [7, 11) is -3.78. The predicted molar refractivity (Wildman–Crippen MR) is 114 cm³/mol. The maximum absolute atomic E-state index is 13.0. The summed E-state index contributed by atoms with van der Waals surface area (Å²) in [5.74, 6) is 0.570. The van der Waals surface area contributed by atoms with Crippen LogP contribution >= 0.6 is 0 Å². The van der Waals surface area contributed by atoms with Gasteiger partial charge in [-0.3, -0.25) is 9.71 Å². The van der Waals surface area contributed by atoms with Crippen LogP contribution in [0.1, 0.15) is 20.8 Å². The van der Waals surface area contributed by atoms with Crippen LogP contribution in [0, 0.1) is 0 Å². The first-order chi connectivity index (χ1) is 13.5. The molecule has 28 heavy (non-hydrogen) atoms. The Hall–Kier alpha value is -2.80. The van der Waals surface area contributed by atoms with E-state index in [4.69, 9.17) is 4.74 Å². The van der Waals surface area contributed by atoms with Gasteiger partial charge in [0.25, 0.3) is 10.0 Å². The van der Waals surface area contributed by atoms with Gasteiger partial charge in [0, 0.05) is 36.0 Å². The minimum atomic E-state index is -3.78. The second-order valence-electron chi connectivity index (χ2n) is 6.22. The Bertz CT molecular complexity index is 1050. The average molecular weight is 400 g/mol. The van der Waals surface area contributed by atoms with E-state index in [1.165, 1.54) is 0 Å². The molecule has 6 nitrogen and oxygen atoms in total. The molecule has 0 aliphatic heterocycles. The van der Waals surface area contributed by atoms with E-state index >= 15 is 0 Å². The number of hydrogen-bond donors (Lipinski definition) is 1. The zero-order valence-corrected chi connectivity index (χ0v) is 17.2. The molecule has 0 atom stereocenters. The van der Waals surface area contributed by atoms with Crippen molar-refractivity contribution >= 4 is 32.3 Å². The highest BCUT2D eigenvalue weighted by Gasteiger charge is 2.20. The van der Waals surface area contributed by atoms with Crippen LogP contribution < -0.4 is 14.4 Å². The molecule has 0 saturated carbocycles. The van der Waals surface area contributed by atoms with Gasteiger partial charge in [-0.15, -0.1) is 0 Å². The maximum Gasteiger partial charge on any atom is 0.262 e. The lowest BCUT2D eigenvalue weighted by molar-refractivity contribution is 0.343. The molecule has 148 valence electrons. The third-order valence-electron chi connectivity index (χ3n) is 4.53. The van der Waals surface area contributed by atoms with E-state index in [0.29, 0.717) is 28.9 Å². The van der Waals surface area contributed by atoms with Crippen LogP contribution in [0.25, 0.3) is 10.9 Å². The smallest absolute Gasteiger partial charge is 0.262 e. The molecule has 3 aromatic rings. The molecule has 0 fully saturated rings. The molecule has 0 aliphatic carbocycles. The van der Waals surface area contributed by atoms with Crippen LogP contribution in [0.5, 0.6) is 5.75 Å². The number of sulfonamides is 1. The summed E-state index contributed by atoms with van der Waals surface area (Å²) in [4.78, 5) is 6.68. The molecule has 0 aliphatic rings. The van der Waals surface area contributed by atoms with Crippen molar-refractivity contribution in [3.05, 3.63) is 54.7 Å². The number of anilines is 2. The summed E-state index contributed by atoms with van der Waals surface area (Å²) < 4.78 is 34.3. The molecule has 0 saturated heterocycles. The van der Waals surface area contributed by atoms with Crippen molar-refractivity contribution in [1.82, 2.24) is 4.98 Å². The van der Waals surface area contributed by atoms with Crippen LogP contribution in [0.3, 0.4) is 0 Å². The number of aromatic nitrogens is 1. The van der Waals surface area contributed by atoms with E-state index in [2.05, 4.69) is 28.5 Å². The van der Waals surface area contributed by atoms with Crippen LogP contribution in [0.4, 0.5) is 11.4 Å². The number of ether oxygens (including phenoxy) is 1. The van der Waals surface area contributed by atoms with Crippen LogP contribution in [0.2, 0.25) is 0 Å². The van der Waals surface area contributed by atoms with Gasteiger partial charge in [0.1, 0.15) is 11.3 Å². The first-order valence-electron chi connectivity index (χ1n) is 9.38. The molecular weight excluding hydrogens is 374 g/mol.